The van der Waals surface area contributed by atoms with Crippen molar-refractivity contribution in [2.24, 2.45) is 0 Å². The van der Waals surface area contributed by atoms with E-state index >= 15 is 0 Å². The lowest BCUT2D eigenvalue weighted by molar-refractivity contribution is -0.0285. The van der Waals surface area contributed by atoms with E-state index in [1.807, 2.05) is 18.2 Å². The van der Waals surface area contributed by atoms with Gasteiger partial charge in [0, 0.05) is 31.9 Å². The molecule has 0 bridgehead atoms. The summed E-state index contributed by atoms with van der Waals surface area (Å²) in [5, 5.41) is 14.5. The summed E-state index contributed by atoms with van der Waals surface area (Å²) >= 11 is 0. The third kappa shape index (κ3) is 5.31. The first-order valence-electron chi connectivity index (χ1n) is 8.66. The fraction of sp³-hybridized carbons (Fsp3) is 0.300. The summed E-state index contributed by atoms with van der Waals surface area (Å²) in [6, 6.07) is 18.9. The molecule has 0 saturated carbocycles. The second kappa shape index (κ2) is 8.99. The van der Waals surface area contributed by atoms with Crippen LogP contribution in [0.25, 0.3) is 0 Å². The van der Waals surface area contributed by atoms with Gasteiger partial charge < -0.3 is 15.4 Å². The molecule has 26 heavy (non-hydrogen) atoms. The van der Waals surface area contributed by atoms with Crippen molar-refractivity contribution < 1.29 is 9.53 Å². The summed E-state index contributed by atoms with van der Waals surface area (Å²) < 4.78 is 5.76. The molecular formula is C20H22N4O2. The molecule has 2 N–H and O–H groups in total. The van der Waals surface area contributed by atoms with Crippen molar-refractivity contribution in [3.63, 3.8) is 0 Å². The van der Waals surface area contributed by atoms with E-state index in [-0.39, 0.29) is 12.1 Å². The lowest BCUT2D eigenvalue weighted by atomic mass is 10.2. The molecule has 1 heterocycles. The number of ether oxygens (including phenoxy) is 1. The maximum atomic E-state index is 12.1. The highest BCUT2D eigenvalue weighted by atomic mass is 16.5. The summed E-state index contributed by atoms with van der Waals surface area (Å²) in [6.07, 6.45) is -0.0383. The number of hydrogen-bond acceptors (Lipinski definition) is 4. The standard InChI is InChI=1S/C20H22N4O2/c21-12-17-7-4-8-18(11-17)23-20(25)22-13-19-15-24(9-10-26-19)14-16-5-2-1-3-6-16/h1-8,11,19H,9-10,13-15H2,(H2,22,23,25). The lowest BCUT2D eigenvalue weighted by Gasteiger charge is -2.33. The largest absolute Gasteiger partial charge is 0.374 e. The Bertz CT molecular complexity index is 773. The fourth-order valence-corrected chi connectivity index (χ4v) is 2.94. The van der Waals surface area contributed by atoms with Crippen LogP contribution >= 0.6 is 0 Å². The Morgan fingerprint density at radius 2 is 2.08 bits per heavy atom. The van der Waals surface area contributed by atoms with Gasteiger partial charge in [-0.3, -0.25) is 4.90 Å². The Morgan fingerprint density at radius 3 is 2.88 bits per heavy atom. The van der Waals surface area contributed by atoms with Gasteiger partial charge in [0.25, 0.3) is 0 Å². The molecule has 0 aromatic heterocycles. The van der Waals surface area contributed by atoms with Crippen LogP contribution in [0.15, 0.2) is 54.6 Å². The van der Waals surface area contributed by atoms with Crippen LogP contribution in [0, 0.1) is 11.3 Å². The predicted molar refractivity (Wildman–Crippen MR) is 99.6 cm³/mol. The van der Waals surface area contributed by atoms with Gasteiger partial charge in [-0.05, 0) is 23.8 Å². The molecule has 3 rings (SSSR count). The number of amides is 2. The zero-order valence-electron chi connectivity index (χ0n) is 14.5. The minimum absolute atomic E-state index is 0.0383. The van der Waals surface area contributed by atoms with Crippen LogP contribution in [0.5, 0.6) is 0 Å². The van der Waals surface area contributed by atoms with Crippen LogP contribution in [0.3, 0.4) is 0 Å². The smallest absolute Gasteiger partial charge is 0.319 e. The summed E-state index contributed by atoms with van der Waals surface area (Å²) in [4.78, 5) is 14.4. The number of rotatable bonds is 5. The van der Waals surface area contributed by atoms with Crippen molar-refractivity contribution >= 4 is 11.7 Å². The van der Waals surface area contributed by atoms with Crippen molar-refractivity contribution in [3.8, 4) is 6.07 Å². The first-order valence-corrected chi connectivity index (χ1v) is 8.66. The molecule has 6 heteroatoms. The second-order valence-corrected chi connectivity index (χ2v) is 6.24. The van der Waals surface area contributed by atoms with Crippen LogP contribution < -0.4 is 10.6 Å². The number of nitrogens with one attached hydrogen (secondary N) is 2. The number of morpholine rings is 1. The van der Waals surface area contributed by atoms with E-state index in [2.05, 4.69) is 33.7 Å². The molecule has 0 radical (unpaired) electrons. The van der Waals surface area contributed by atoms with E-state index in [1.54, 1.807) is 24.3 Å². The van der Waals surface area contributed by atoms with Gasteiger partial charge in [-0.15, -0.1) is 0 Å². The van der Waals surface area contributed by atoms with Crippen molar-refractivity contribution in [2.75, 3.05) is 31.6 Å². The minimum Gasteiger partial charge on any atom is -0.374 e. The third-order valence-electron chi connectivity index (χ3n) is 4.21. The van der Waals surface area contributed by atoms with E-state index in [1.165, 1.54) is 5.56 Å². The molecule has 134 valence electrons. The molecule has 2 aromatic rings. The SMILES string of the molecule is N#Cc1cccc(NC(=O)NCC2CN(Cc3ccccc3)CCO2)c1. The highest BCUT2D eigenvalue weighted by Crippen LogP contribution is 2.11. The quantitative estimate of drug-likeness (QED) is 0.869. The van der Waals surface area contributed by atoms with E-state index in [0.717, 1.165) is 19.6 Å². The molecule has 1 aliphatic rings. The number of anilines is 1. The molecule has 2 amide bonds. The molecule has 1 unspecified atom stereocenters. The normalized spacial score (nSPS) is 17.3. The van der Waals surface area contributed by atoms with Gasteiger partial charge in [-0.1, -0.05) is 36.4 Å². The number of carbonyl (C=O) groups excluding carboxylic acids is 1. The van der Waals surface area contributed by atoms with E-state index in [0.29, 0.717) is 24.4 Å². The van der Waals surface area contributed by atoms with Gasteiger partial charge >= 0.3 is 6.03 Å². The van der Waals surface area contributed by atoms with Gasteiger partial charge in [0.05, 0.1) is 24.3 Å². The molecule has 0 aliphatic carbocycles. The summed E-state index contributed by atoms with van der Waals surface area (Å²) in [5.74, 6) is 0. The Hall–Kier alpha value is -2.88. The Labute approximate surface area is 153 Å². The predicted octanol–water partition coefficient (Wildman–Crippen LogP) is 2.58. The van der Waals surface area contributed by atoms with Crippen molar-refractivity contribution in [1.82, 2.24) is 10.2 Å². The minimum atomic E-state index is -0.302. The average molecular weight is 350 g/mol. The first kappa shape index (κ1) is 17.9. The van der Waals surface area contributed by atoms with Gasteiger partial charge in [0.2, 0.25) is 0 Å². The molecule has 1 aliphatic heterocycles. The topological polar surface area (TPSA) is 77.4 Å². The maximum Gasteiger partial charge on any atom is 0.319 e. The van der Waals surface area contributed by atoms with E-state index < -0.39 is 0 Å². The molecule has 0 spiro atoms. The first-order chi connectivity index (χ1) is 12.7. The fourth-order valence-electron chi connectivity index (χ4n) is 2.94. The number of carbonyl (C=O) groups is 1. The lowest BCUT2D eigenvalue weighted by Crippen LogP contribution is -2.47. The molecule has 6 nitrogen and oxygen atoms in total. The summed E-state index contributed by atoms with van der Waals surface area (Å²) in [5.41, 5.74) is 2.38. The van der Waals surface area contributed by atoms with Gasteiger partial charge in [-0.2, -0.15) is 5.26 Å². The van der Waals surface area contributed by atoms with Crippen LogP contribution in [-0.4, -0.2) is 43.3 Å². The third-order valence-corrected chi connectivity index (χ3v) is 4.21. The molecule has 1 saturated heterocycles. The Morgan fingerprint density at radius 1 is 1.23 bits per heavy atom. The highest BCUT2D eigenvalue weighted by molar-refractivity contribution is 5.89. The number of urea groups is 1. The molecule has 2 aromatic carbocycles. The molecule has 1 atom stereocenters. The van der Waals surface area contributed by atoms with Gasteiger partial charge in [0.15, 0.2) is 0 Å². The number of nitrogens with zero attached hydrogens (tertiary/aromatic N) is 2. The molecular weight excluding hydrogens is 328 g/mol. The van der Waals surface area contributed by atoms with Crippen LogP contribution in [-0.2, 0) is 11.3 Å². The van der Waals surface area contributed by atoms with Crippen molar-refractivity contribution in [1.29, 1.82) is 5.26 Å². The summed E-state index contributed by atoms with van der Waals surface area (Å²) in [7, 11) is 0. The van der Waals surface area contributed by atoms with Crippen LogP contribution in [0.1, 0.15) is 11.1 Å². The number of hydrogen-bond donors (Lipinski definition) is 2. The Kier molecular flexibility index (Phi) is 6.20. The van der Waals surface area contributed by atoms with E-state index in [9.17, 15) is 4.79 Å². The number of benzene rings is 2. The van der Waals surface area contributed by atoms with Gasteiger partial charge in [-0.25, -0.2) is 4.79 Å². The maximum absolute atomic E-state index is 12.1. The monoisotopic (exact) mass is 350 g/mol. The second-order valence-electron chi connectivity index (χ2n) is 6.24. The van der Waals surface area contributed by atoms with Crippen molar-refractivity contribution in [3.05, 3.63) is 65.7 Å². The Balaban J connectivity index is 1.45. The van der Waals surface area contributed by atoms with Crippen LogP contribution in [0.4, 0.5) is 10.5 Å². The van der Waals surface area contributed by atoms with Crippen molar-refractivity contribution in [2.45, 2.75) is 12.6 Å². The number of nitriles is 1. The van der Waals surface area contributed by atoms with E-state index in [4.69, 9.17) is 10.00 Å². The zero-order chi connectivity index (χ0) is 18.2. The highest BCUT2D eigenvalue weighted by Gasteiger charge is 2.21. The van der Waals surface area contributed by atoms with Gasteiger partial charge in [0.1, 0.15) is 0 Å². The van der Waals surface area contributed by atoms with Crippen LogP contribution in [0.2, 0.25) is 0 Å². The zero-order valence-corrected chi connectivity index (χ0v) is 14.5. The average Bonchev–Trinajstić information content (AvgIpc) is 2.68. The summed E-state index contributed by atoms with van der Waals surface area (Å²) in [6.45, 7) is 3.64. The molecule has 1 fully saturated rings.